The molecule has 2 heterocycles. The van der Waals surface area contributed by atoms with Gasteiger partial charge in [-0.3, -0.25) is 9.59 Å². The SMILES string of the molecule is O=C(COC(=O)Cc1cccs1)Nc1ncc(Cl)cc1Cl. The van der Waals surface area contributed by atoms with Crippen LogP contribution in [0.1, 0.15) is 4.88 Å². The second-order valence-corrected chi connectivity index (χ2v) is 5.82. The van der Waals surface area contributed by atoms with Crippen molar-refractivity contribution in [3.63, 3.8) is 0 Å². The highest BCUT2D eigenvalue weighted by molar-refractivity contribution is 7.10. The predicted octanol–water partition coefficient (Wildman–Crippen LogP) is 3.17. The van der Waals surface area contributed by atoms with Crippen molar-refractivity contribution < 1.29 is 14.3 Å². The zero-order valence-electron chi connectivity index (χ0n) is 10.6. The molecule has 21 heavy (non-hydrogen) atoms. The zero-order chi connectivity index (χ0) is 15.2. The van der Waals surface area contributed by atoms with E-state index in [1.807, 2.05) is 17.5 Å². The molecule has 0 saturated heterocycles. The summed E-state index contributed by atoms with van der Waals surface area (Å²) in [5.74, 6) is -0.825. The van der Waals surface area contributed by atoms with Gasteiger partial charge in [-0.15, -0.1) is 11.3 Å². The summed E-state index contributed by atoms with van der Waals surface area (Å²) in [6.07, 6.45) is 1.50. The van der Waals surface area contributed by atoms with E-state index in [0.717, 1.165) is 4.88 Å². The number of anilines is 1. The molecule has 0 atom stereocenters. The molecular weight excluding hydrogens is 335 g/mol. The van der Waals surface area contributed by atoms with Crippen LogP contribution < -0.4 is 5.32 Å². The van der Waals surface area contributed by atoms with E-state index in [1.165, 1.54) is 23.6 Å². The average Bonchev–Trinajstić information content (AvgIpc) is 2.92. The number of ether oxygens (including phenoxy) is 1. The first-order valence-electron chi connectivity index (χ1n) is 5.83. The second-order valence-electron chi connectivity index (χ2n) is 3.95. The largest absolute Gasteiger partial charge is 0.455 e. The number of nitrogens with zero attached hydrogens (tertiary/aromatic N) is 1. The molecule has 5 nitrogen and oxygen atoms in total. The number of pyridine rings is 1. The van der Waals surface area contributed by atoms with Gasteiger partial charge >= 0.3 is 5.97 Å². The van der Waals surface area contributed by atoms with Crippen molar-refractivity contribution >= 4 is 52.2 Å². The Morgan fingerprint density at radius 2 is 2.19 bits per heavy atom. The molecule has 0 aliphatic rings. The van der Waals surface area contributed by atoms with Gasteiger partial charge in [0, 0.05) is 11.1 Å². The molecule has 2 aromatic rings. The van der Waals surface area contributed by atoms with E-state index >= 15 is 0 Å². The van der Waals surface area contributed by atoms with Crippen molar-refractivity contribution in [3.8, 4) is 0 Å². The maximum absolute atomic E-state index is 11.6. The minimum atomic E-state index is -0.522. The Labute approximate surface area is 134 Å². The van der Waals surface area contributed by atoms with E-state index in [-0.39, 0.29) is 17.3 Å². The molecule has 8 heteroatoms. The molecular formula is C13H10Cl2N2O3S. The van der Waals surface area contributed by atoms with Gasteiger partial charge in [-0.05, 0) is 17.5 Å². The Hall–Kier alpha value is -1.63. The van der Waals surface area contributed by atoms with Crippen LogP contribution in [-0.4, -0.2) is 23.5 Å². The summed E-state index contributed by atoms with van der Waals surface area (Å²) in [7, 11) is 0. The summed E-state index contributed by atoms with van der Waals surface area (Å²) in [5.41, 5.74) is 0. The van der Waals surface area contributed by atoms with E-state index in [0.29, 0.717) is 5.02 Å². The van der Waals surface area contributed by atoms with Gasteiger partial charge in [0.1, 0.15) is 0 Å². The highest BCUT2D eigenvalue weighted by Crippen LogP contribution is 2.22. The molecule has 0 aliphatic heterocycles. The summed E-state index contributed by atoms with van der Waals surface area (Å²) in [4.78, 5) is 27.9. The van der Waals surface area contributed by atoms with Gasteiger partial charge in [0.2, 0.25) is 0 Å². The van der Waals surface area contributed by atoms with Gasteiger partial charge in [0.25, 0.3) is 5.91 Å². The number of halogens is 2. The van der Waals surface area contributed by atoms with Crippen LogP contribution in [0.25, 0.3) is 0 Å². The lowest BCUT2D eigenvalue weighted by Crippen LogP contribution is -2.22. The number of nitrogens with one attached hydrogen (secondary N) is 1. The van der Waals surface area contributed by atoms with Crippen LogP contribution in [0, 0.1) is 0 Å². The molecule has 0 spiro atoms. The lowest BCUT2D eigenvalue weighted by Gasteiger charge is -2.07. The Bertz CT molecular complexity index is 647. The fourth-order valence-electron chi connectivity index (χ4n) is 1.43. The van der Waals surface area contributed by atoms with Crippen molar-refractivity contribution in [3.05, 3.63) is 44.7 Å². The summed E-state index contributed by atoms with van der Waals surface area (Å²) in [6, 6.07) is 5.12. The molecule has 0 unspecified atom stereocenters. The first-order chi connectivity index (χ1) is 10.0. The van der Waals surface area contributed by atoms with Gasteiger partial charge < -0.3 is 10.1 Å². The van der Waals surface area contributed by atoms with E-state index < -0.39 is 18.5 Å². The third-order valence-corrected chi connectivity index (χ3v) is 3.70. The van der Waals surface area contributed by atoms with Crippen molar-refractivity contribution in [2.45, 2.75) is 6.42 Å². The molecule has 0 bridgehead atoms. The summed E-state index contributed by atoms with van der Waals surface area (Å²) in [5, 5.41) is 4.87. The highest BCUT2D eigenvalue weighted by Gasteiger charge is 2.11. The molecule has 2 aromatic heterocycles. The molecule has 1 amide bonds. The van der Waals surface area contributed by atoms with Crippen LogP contribution >= 0.6 is 34.5 Å². The van der Waals surface area contributed by atoms with Crippen molar-refractivity contribution in [1.29, 1.82) is 0 Å². The summed E-state index contributed by atoms with van der Waals surface area (Å²) >= 11 is 13.0. The topological polar surface area (TPSA) is 68.3 Å². The van der Waals surface area contributed by atoms with Crippen molar-refractivity contribution in [1.82, 2.24) is 4.98 Å². The maximum Gasteiger partial charge on any atom is 0.311 e. The van der Waals surface area contributed by atoms with Gasteiger partial charge in [0.15, 0.2) is 12.4 Å². The Morgan fingerprint density at radius 1 is 1.38 bits per heavy atom. The van der Waals surface area contributed by atoms with Gasteiger partial charge in [0.05, 0.1) is 16.5 Å². The van der Waals surface area contributed by atoms with Crippen molar-refractivity contribution in [2.24, 2.45) is 0 Å². The second kappa shape index (κ2) is 7.40. The molecule has 0 radical (unpaired) electrons. The zero-order valence-corrected chi connectivity index (χ0v) is 13.0. The lowest BCUT2D eigenvalue weighted by atomic mass is 10.3. The fourth-order valence-corrected chi connectivity index (χ4v) is 2.54. The Kier molecular flexibility index (Phi) is 5.55. The molecule has 0 saturated carbocycles. The number of aromatic nitrogens is 1. The normalized spacial score (nSPS) is 10.2. The first kappa shape index (κ1) is 15.8. The number of rotatable bonds is 5. The molecule has 1 N–H and O–H groups in total. The quantitative estimate of drug-likeness (QED) is 0.845. The summed E-state index contributed by atoms with van der Waals surface area (Å²) < 4.78 is 4.87. The van der Waals surface area contributed by atoms with Gasteiger partial charge in [-0.1, -0.05) is 29.3 Å². The Balaban J connectivity index is 1.80. The van der Waals surface area contributed by atoms with E-state index in [1.54, 1.807) is 0 Å². The number of hydrogen-bond acceptors (Lipinski definition) is 5. The minimum absolute atomic E-state index is 0.144. The molecule has 0 fully saturated rings. The number of amides is 1. The Morgan fingerprint density at radius 3 is 2.86 bits per heavy atom. The van der Waals surface area contributed by atoms with Crippen molar-refractivity contribution in [2.75, 3.05) is 11.9 Å². The maximum atomic E-state index is 11.6. The summed E-state index contributed by atoms with van der Waals surface area (Å²) in [6.45, 7) is -0.398. The monoisotopic (exact) mass is 344 g/mol. The molecule has 2 rings (SSSR count). The van der Waals surface area contributed by atoms with Gasteiger partial charge in [-0.2, -0.15) is 0 Å². The standard InChI is InChI=1S/C13H10Cl2N2O3S/c14-8-4-10(15)13(16-6-8)17-11(18)7-20-12(19)5-9-2-1-3-21-9/h1-4,6H,5,7H2,(H,16,17,18). The number of carbonyl (C=O) groups is 2. The minimum Gasteiger partial charge on any atom is -0.455 e. The van der Waals surface area contributed by atoms with Crippen LogP contribution in [0.5, 0.6) is 0 Å². The molecule has 110 valence electrons. The number of carbonyl (C=O) groups excluding carboxylic acids is 2. The van der Waals surface area contributed by atoms with Crippen LogP contribution in [0.15, 0.2) is 29.8 Å². The number of esters is 1. The van der Waals surface area contributed by atoms with Crippen LogP contribution in [0.4, 0.5) is 5.82 Å². The third kappa shape index (κ3) is 5.00. The van der Waals surface area contributed by atoms with Crippen LogP contribution in [-0.2, 0) is 20.7 Å². The smallest absolute Gasteiger partial charge is 0.311 e. The van der Waals surface area contributed by atoms with Gasteiger partial charge in [-0.25, -0.2) is 4.98 Å². The molecule has 0 aromatic carbocycles. The highest BCUT2D eigenvalue weighted by atomic mass is 35.5. The van der Waals surface area contributed by atoms with E-state index in [4.69, 9.17) is 27.9 Å². The fraction of sp³-hybridized carbons (Fsp3) is 0.154. The molecule has 0 aliphatic carbocycles. The number of thiophene rings is 1. The van der Waals surface area contributed by atoms with E-state index in [9.17, 15) is 9.59 Å². The predicted molar refractivity (Wildman–Crippen MR) is 81.9 cm³/mol. The lowest BCUT2D eigenvalue weighted by molar-refractivity contribution is -0.146. The van der Waals surface area contributed by atoms with E-state index in [2.05, 4.69) is 10.3 Å². The number of hydrogen-bond donors (Lipinski definition) is 1. The van der Waals surface area contributed by atoms with Crippen LogP contribution in [0.2, 0.25) is 10.0 Å². The third-order valence-electron chi connectivity index (χ3n) is 2.33. The average molecular weight is 345 g/mol. The first-order valence-corrected chi connectivity index (χ1v) is 7.47. The van der Waals surface area contributed by atoms with Crippen LogP contribution in [0.3, 0.4) is 0 Å².